The van der Waals surface area contributed by atoms with Gasteiger partial charge in [0.25, 0.3) is 0 Å². The van der Waals surface area contributed by atoms with Gasteiger partial charge in [-0.15, -0.1) is 0 Å². The predicted octanol–water partition coefficient (Wildman–Crippen LogP) is 5.23. The van der Waals surface area contributed by atoms with Gasteiger partial charge < -0.3 is 20.3 Å². The Kier molecular flexibility index (Phi) is 9.13. The summed E-state index contributed by atoms with van der Waals surface area (Å²) in [6.45, 7) is 0.630. The van der Waals surface area contributed by atoms with E-state index in [4.69, 9.17) is 4.74 Å². The molecule has 1 aliphatic carbocycles. The predicted molar refractivity (Wildman–Crippen MR) is 123 cm³/mol. The fourth-order valence-electron chi connectivity index (χ4n) is 4.03. The van der Waals surface area contributed by atoms with Crippen molar-refractivity contribution in [1.82, 2.24) is 10.6 Å². The fraction of sp³-hybridized carbons (Fsp3) is 0.458. The minimum Gasteiger partial charge on any atom is -0.445 e. The van der Waals surface area contributed by atoms with E-state index in [-0.39, 0.29) is 12.9 Å². The first-order valence-electron chi connectivity index (χ1n) is 11.1. The number of hydrogen-bond acceptors (Lipinski definition) is 4. The normalized spacial score (nSPS) is 17.5. The van der Waals surface area contributed by atoms with Gasteiger partial charge in [-0.05, 0) is 23.5 Å². The molecule has 0 spiro atoms. The Balaban J connectivity index is 1.58. The molecule has 6 nitrogen and oxygen atoms in total. The highest BCUT2D eigenvalue weighted by Gasteiger charge is 2.34. The van der Waals surface area contributed by atoms with Crippen molar-refractivity contribution in [1.29, 1.82) is 0 Å². The van der Waals surface area contributed by atoms with Gasteiger partial charge in [-0.1, -0.05) is 92.8 Å². The lowest BCUT2D eigenvalue weighted by molar-refractivity contribution is 0.136. The number of carbonyl (C=O) groups excluding carboxylic acids is 1. The van der Waals surface area contributed by atoms with Crippen molar-refractivity contribution in [2.75, 3.05) is 6.29 Å². The first-order chi connectivity index (χ1) is 15.0. The van der Waals surface area contributed by atoms with Crippen molar-refractivity contribution in [3.63, 3.8) is 0 Å². The van der Waals surface area contributed by atoms with E-state index in [1.54, 1.807) is 0 Å². The Labute approximate surface area is 184 Å². The maximum absolute atomic E-state index is 13.2. The van der Waals surface area contributed by atoms with Crippen LogP contribution in [-0.4, -0.2) is 23.1 Å². The molecule has 0 aromatic heterocycles. The SMILES string of the molecule is O=C(NC(CC1CCCCC1)P(=O)(O)CNCc1ccccc1)OCc1ccccc1. The average Bonchev–Trinajstić information content (AvgIpc) is 2.79. The molecule has 1 saturated carbocycles. The maximum atomic E-state index is 13.2. The third-order valence-corrected chi connectivity index (χ3v) is 7.77. The fourth-order valence-corrected chi connectivity index (χ4v) is 5.62. The molecular formula is C24H33N2O4P. The van der Waals surface area contributed by atoms with Crippen LogP contribution in [0.5, 0.6) is 0 Å². The number of rotatable bonds is 10. The van der Waals surface area contributed by atoms with Crippen LogP contribution in [0, 0.1) is 5.92 Å². The molecule has 168 valence electrons. The summed E-state index contributed by atoms with van der Waals surface area (Å²) in [4.78, 5) is 23.3. The highest BCUT2D eigenvalue weighted by Crippen LogP contribution is 2.47. The molecule has 2 aromatic carbocycles. The van der Waals surface area contributed by atoms with Crippen molar-refractivity contribution in [2.45, 2.75) is 57.5 Å². The lowest BCUT2D eigenvalue weighted by atomic mass is 9.87. The molecule has 1 aliphatic rings. The number of nitrogens with one attached hydrogen (secondary N) is 2. The zero-order valence-electron chi connectivity index (χ0n) is 17.9. The van der Waals surface area contributed by atoms with Crippen LogP contribution < -0.4 is 10.6 Å². The molecule has 1 fully saturated rings. The van der Waals surface area contributed by atoms with Crippen LogP contribution in [0.1, 0.15) is 49.7 Å². The van der Waals surface area contributed by atoms with Crippen molar-refractivity contribution in [3.8, 4) is 0 Å². The number of alkyl carbamates (subject to hydrolysis) is 1. The molecule has 0 heterocycles. The molecule has 31 heavy (non-hydrogen) atoms. The third kappa shape index (κ3) is 8.13. The van der Waals surface area contributed by atoms with Crippen LogP contribution >= 0.6 is 7.37 Å². The molecule has 0 saturated heterocycles. The second-order valence-electron chi connectivity index (χ2n) is 8.29. The maximum Gasteiger partial charge on any atom is 0.408 e. The molecule has 7 heteroatoms. The first kappa shape index (κ1) is 23.5. The molecule has 2 aromatic rings. The van der Waals surface area contributed by atoms with Gasteiger partial charge in [-0.3, -0.25) is 4.57 Å². The van der Waals surface area contributed by atoms with Gasteiger partial charge >= 0.3 is 6.09 Å². The van der Waals surface area contributed by atoms with E-state index in [9.17, 15) is 14.3 Å². The molecule has 2 unspecified atom stereocenters. The largest absolute Gasteiger partial charge is 0.445 e. The van der Waals surface area contributed by atoms with Crippen molar-refractivity contribution >= 4 is 13.5 Å². The summed E-state index contributed by atoms with van der Waals surface area (Å²) in [5.41, 5.74) is 1.92. The average molecular weight is 445 g/mol. The van der Waals surface area contributed by atoms with Gasteiger partial charge in [0.15, 0.2) is 0 Å². The van der Waals surface area contributed by atoms with Crippen LogP contribution in [-0.2, 0) is 22.5 Å². The molecule has 3 rings (SSSR count). The Bertz CT molecular complexity index is 841. The number of hydrogen-bond donors (Lipinski definition) is 3. The van der Waals surface area contributed by atoms with Gasteiger partial charge in [0.2, 0.25) is 7.37 Å². The second kappa shape index (κ2) is 12.0. The van der Waals surface area contributed by atoms with E-state index >= 15 is 0 Å². The summed E-state index contributed by atoms with van der Waals surface area (Å²) < 4.78 is 18.5. The zero-order chi connectivity index (χ0) is 21.9. The zero-order valence-corrected chi connectivity index (χ0v) is 18.8. The monoisotopic (exact) mass is 444 g/mol. The lowest BCUT2D eigenvalue weighted by Crippen LogP contribution is -2.38. The van der Waals surface area contributed by atoms with Crippen LogP contribution in [0.4, 0.5) is 4.79 Å². The molecule has 0 aliphatic heterocycles. The van der Waals surface area contributed by atoms with Crippen LogP contribution in [0.3, 0.4) is 0 Å². The van der Waals surface area contributed by atoms with E-state index < -0.39 is 19.2 Å². The van der Waals surface area contributed by atoms with E-state index in [1.807, 2.05) is 60.7 Å². The van der Waals surface area contributed by atoms with Gasteiger partial charge in [0, 0.05) is 6.54 Å². The number of benzene rings is 2. The molecule has 0 radical (unpaired) electrons. The third-order valence-electron chi connectivity index (χ3n) is 5.78. The minimum absolute atomic E-state index is 0.0573. The summed E-state index contributed by atoms with van der Waals surface area (Å²) >= 11 is 0. The molecule has 0 bridgehead atoms. The second-order valence-corrected chi connectivity index (χ2v) is 10.7. The first-order valence-corrected chi connectivity index (χ1v) is 13.0. The van der Waals surface area contributed by atoms with Crippen molar-refractivity contribution < 1.29 is 19.0 Å². The van der Waals surface area contributed by atoms with Crippen LogP contribution in [0.25, 0.3) is 0 Å². The smallest absolute Gasteiger partial charge is 0.408 e. The van der Waals surface area contributed by atoms with Crippen molar-refractivity contribution in [3.05, 3.63) is 71.8 Å². The lowest BCUT2D eigenvalue weighted by Gasteiger charge is -2.30. The molecular weight excluding hydrogens is 411 g/mol. The Morgan fingerprint density at radius 1 is 1.00 bits per heavy atom. The Hall–Kier alpha value is -2.14. The molecule has 3 N–H and O–H groups in total. The number of ether oxygens (including phenoxy) is 1. The van der Waals surface area contributed by atoms with Crippen molar-refractivity contribution in [2.24, 2.45) is 5.92 Å². The van der Waals surface area contributed by atoms with E-state index in [1.165, 1.54) is 6.42 Å². The topological polar surface area (TPSA) is 87.7 Å². The molecule has 1 amide bonds. The number of amides is 1. The van der Waals surface area contributed by atoms with E-state index in [0.717, 1.165) is 36.8 Å². The number of carbonyl (C=O) groups is 1. The van der Waals surface area contributed by atoms with Crippen LogP contribution in [0.15, 0.2) is 60.7 Å². The van der Waals surface area contributed by atoms with E-state index in [2.05, 4.69) is 10.6 Å². The Morgan fingerprint density at radius 2 is 1.61 bits per heavy atom. The summed E-state index contributed by atoms with van der Waals surface area (Å²) in [7, 11) is -3.68. The summed E-state index contributed by atoms with van der Waals surface area (Å²) in [6, 6.07) is 19.1. The minimum atomic E-state index is -3.68. The highest BCUT2D eigenvalue weighted by atomic mass is 31.2. The quantitative estimate of drug-likeness (QED) is 0.437. The Morgan fingerprint density at radius 3 is 2.26 bits per heavy atom. The summed E-state index contributed by atoms with van der Waals surface area (Å²) in [5.74, 6) is -0.468. The highest BCUT2D eigenvalue weighted by molar-refractivity contribution is 7.58. The summed E-state index contributed by atoms with van der Waals surface area (Å²) in [5, 5.41) is 5.79. The van der Waals surface area contributed by atoms with Crippen LogP contribution in [0.2, 0.25) is 0 Å². The molecule has 2 atom stereocenters. The summed E-state index contributed by atoms with van der Waals surface area (Å²) in [6.07, 6.45) is 5.35. The van der Waals surface area contributed by atoms with Gasteiger partial charge in [-0.25, -0.2) is 4.79 Å². The standard InChI is InChI=1S/C24H33N2O4P/c27-24(30-18-22-14-8-3-9-15-22)26-23(16-20-10-4-1-5-11-20)31(28,29)19-25-17-21-12-6-2-7-13-21/h2-3,6-9,12-15,20,23,25H,1,4-5,10-11,16-19H2,(H,26,27)(H,28,29). The van der Waals surface area contributed by atoms with Gasteiger partial charge in [-0.2, -0.15) is 0 Å². The van der Waals surface area contributed by atoms with Gasteiger partial charge in [0.1, 0.15) is 12.4 Å². The van der Waals surface area contributed by atoms with Gasteiger partial charge in [0.05, 0.1) is 6.29 Å². The van der Waals surface area contributed by atoms with E-state index in [0.29, 0.717) is 18.9 Å².